The standard InChI is InChI=1S/C17H18N4O3/c1-21(2)13-9-7-12(8-10-13)19-20-15-6-4-3-5-14(15)17(24)18-11-16(22)23/h3-10H,11H2,1-2H3,(H,18,24)(H,22,23)/b20-19+. The van der Waals surface area contributed by atoms with Crippen molar-refractivity contribution >= 4 is 28.9 Å². The second kappa shape index (κ2) is 7.87. The van der Waals surface area contributed by atoms with Crippen LogP contribution in [0, 0.1) is 0 Å². The van der Waals surface area contributed by atoms with Crippen LogP contribution >= 0.6 is 0 Å². The summed E-state index contributed by atoms with van der Waals surface area (Å²) in [5.74, 6) is -1.61. The summed E-state index contributed by atoms with van der Waals surface area (Å²) in [5.41, 5.74) is 2.34. The molecule has 0 saturated heterocycles. The first-order valence-electron chi connectivity index (χ1n) is 7.25. The first-order valence-corrected chi connectivity index (χ1v) is 7.25. The Morgan fingerprint density at radius 2 is 1.71 bits per heavy atom. The lowest BCUT2D eigenvalue weighted by molar-refractivity contribution is -0.135. The monoisotopic (exact) mass is 326 g/mol. The van der Waals surface area contributed by atoms with Crippen LogP contribution in [0.25, 0.3) is 0 Å². The van der Waals surface area contributed by atoms with Crippen molar-refractivity contribution in [3.63, 3.8) is 0 Å². The Morgan fingerprint density at radius 3 is 2.33 bits per heavy atom. The number of nitrogens with zero attached hydrogens (tertiary/aromatic N) is 3. The molecule has 7 nitrogen and oxygen atoms in total. The Labute approximate surface area is 139 Å². The summed E-state index contributed by atoms with van der Waals surface area (Å²) in [6, 6.07) is 14.1. The lowest BCUT2D eigenvalue weighted by Crippen LogP contribution is -2.29. The number of benzene rings is 2. The molecule has 1 amide bonds. The maximum Gasteiger partial charge on any atom is 0.322 e. The Hall–Kier alpha value is -3.22. The molecule has 2 aromatic rings. The third kappa shape index (κ3) is 4.64. The number of carbonyl (C=O) groups is 2. The molecule has 0 heterocycles. The molecule has 0 fully saturated rings. The number of azo groups is 1. The first-order chi connectivity index (χ1) is 11.5. The number of hydrogen-bond donors (Lipinski definition) is 2. The van der Waals surface area contributed by atoms with Gasteiger partial charge in [-0.15, -0.1) is 5.11 Å². The van der Waals surface area contributed by atoms with E-state index in [1.165, 1.54) is 0 Å². The second-order valence-electron chi connectivity index (χ2n) is 5.20. The molecule has 124 valence electrons. The summed E-state index contributed by atoms with van der Waals surface area (Å²) in [6.45, 7) is -0.448. The van der Waals surface area contributed by atoms with E-state index < -0.39 is 18.4 Å². The molecule has 0 unspecified atom stereocenters. The van der Waals surface area contributed by atoms with Crippen LogP contribution in [-0.2, 0) is 4.79 Å². The molecule has 0 spiro atoms. The number of nitrogens with one attached hydrogen (secondary N) is 1. The number of anilines is 1. The van der Waals surface area contributed by atoms with Crippen molar-refractivity contribution in [2.45, 2.75) is 0 Å². The molecule has 2 rings (SSSR count). The van der Waals surface area contributed by atoms with Crippen molar-refractivity contribution in [2.75, 3.05) is 25.5 Å². The van der Waals surface area contributed by atoms with Gasteiger partial charge in [0.1, 0.15) is 6.54 Å². The van der Waals surface area contributed by atoms with E-state index in [2.05, 4.69) is 15.5 Å². The van der Waals surface area contributed by atoms with Crippen LogP contribution in [0.15, 0.2) is 58.8 Å². The van der Waals surface area contributed by atoms with E-state index in [0.29, 0.717) is 11.4 Å². The average molecular weight is 326 g/mol. The van der Waals surface area contributed by atoms with Gasteiger partial charge in [-0.1, -0.05) is 12.1 Å². The van der Waals surface area contributed by atoms with E-state index in [9.17, 15) is 9.59 Å². The summed E-state index contributed by atoms with van der Waals surface area (Å²) in [6.07, 6.45) is 0. The molecular formula is C17H18N4O3. The zero-order chi connectivity index (χ0) is 17.5. The van der Waals surface area contributed by atoms with E-state index in [-0.39, 0.29) is 5.56 Å². The van der Waals surface area contributed by atoms with Crippen molar-refractivity contribution < 1.29 is 14.7 Å². The van der Waals surface area contributed by atoms with Crippen LogP contribution < -0.4 is 10.2 Å². The molecule has 0 aliphatic carbocycles. The van der Waals surface area contributed by atoms with Gasteiger partial charge in [0.05, 0.1) is 16.9 Å². The Balaban J connectivity index is 2.17. The third-order valence-corrected chi connectivity index (χ3v) is 3.19. The van der Waals surface area contributed by atoms with Crippen molar-refractivity contribution in [3.8, 4) is 0 Å². The zero-order valence-electron chi connectivity index (χ0n) is 13.4. The minimum absolute atomic E-state index is 0.271. The molecule has 0 radical (unpaired) electrons. The number of aliphatic carboxylic acids is 1. The molecule has 0 saturated carbocycles. The number of hydrogen-bond acceptors (Lipinski definition) is 5. The topological polar surface area (TPSA) is 94.4 Å². The summed E-state index contributed by atoms with van der Waals surface area (Å²) in [4.78, 5) is 24.5. The highest BCUT2D eigenvalue weighted by atomic mass is 16.4. The van der Waals surface area contributed by atoms with E-state index in [4.69, 9.17) is 5.11 Å². The second-order valence-corrected chi connectivity index (χ2v) is 5.20. The van der Waals surface area contributed by atoms with Crippen LogP contribution in [0.2, 0.25) is 0 Å². The quantitative estimate of drug-likeness (QED) is 0.798. The highest BCUT2D eigenvalue weighted by Gasteiger charge is 2.11. The van der Waals surface area contributed by atoms with Crippen molar-refractivity contribution in [2.24, 2.45) is 10.2 Å². The van der Waals surface area contributed by atoms with Gasteiger partial charge in [0.2, 0.25) is 0 Å². The van der Waals surface area contributed by atoms with Crippen molar-refractivity contribution in [3.05, 3.63) is 54.1 Å². The highest BCUT2D eigenvalue weighted by molar-refractivity contribution is 6.00. The van der Waals surface area contributed by atoms with Gasteiger partial charge in [0.15, 0.2) is 0 Å². The van der Waals surface area contributed by atoms with Crippen LogP contribution in [0.3, 0.4) is 0 Å². The van der Waals surface area contributed by atoms with E-state index in [1.54, 1.807) is 24.3 Å². The largest absolute Gasteiger partial charge is 0.480 e. The fourth-order valence-electron chi connectivity index (χ4n) is 1.93. The number of rotatable bonds is 6. The Kier molecular flexibility index (Phi) is 5.62. The van der Waals surface area contributed by atoms with Crippen molar-refractivity contribution in [1.29, 1.82) is 0 Å². The fraction of sp³-hybridized carbons (Fsp3) is 0.176. The molecular weight excluding hydrogens is 308 g/mol. The molecule has 0 aromatic heterocycles. The van der Waals surface area contributed by atoms with Gasteiger partial charge in [-0.2, -0.15) is 5.11 Å². The van der Waals surface area contributed by atoms with Crippen LogP contribution in [0.5, 0.6) is 0 Å². The first kappa shape index (κ1) is 17.1. The zero-order valence-corrected chi connectivity index (χ0v) is 13.4. The minimum Gasteiger partial charge on any atom is -0.480 e. The van der Waals surface area contributed by atoms with Crippen molar-refractivity contribution in [1.82, 2.24) is 5.32 Å². The molecule has 0 bridgehead atoms. The molecule has 0 aliphatic rings. The van der Waals surface area contributed by atoms with E-state index >= 15 is 0 Å². The van der Waals surface area contributed by atoms with Gasteiger partial charge in [0, 0.05) is 19.8 Å². The van der Waals surface area contributed by atoms with Gasteiger partial charge < -0.3 is 15.3 Å². The summed E-state index contributed by atoms with van der Waals surface area (Å²) in [5, 5.41) is 19.2. The summed E-state index contributed by atoms with van der Waals surface area (Å²) >= 11 is 0. The van der Waals surface area contributed by atoms with Gasteiger partial charge in [-0.3, -0.25) is 9.59 Å². The normalized spacial score (nSPS) is 10.6. The molecule has 2 aromatic carbocycles. The molecule has 0 aliphatic heterocycles. The van der Waals surface area contributed by atoms with E-state index in [1.807, 2.05) is 43.3 Å². The van der Waals surface area contributed by atoms with Crippen LogP contribution in [-0.4, -0.2) is 37.6 Å². The number of amides is 1. The highest BCUT2D eigenvalue weighted by Crippen LogP contribution is 2.23. The third-order valence-electron chi connectivity index (χ3n) is 3.19. The number of carbonyl (C=O) groups excluding carboxylic acids is 1. The predicted octanol–water partition coefficient (Wildman–Crippen LogP) is 2.98. The molecule has 2 N–H and O–H groups in total. The maximum atomic E-state index is 12.0. The van der Waals surface area contributed by atoms with E-state index in [0.717, 1.165) is 5.69 Å². The maximum absolute atomic E-state index is 12.0. The van der Waals surface area contributed by atoms with Gasteiger partial charge in [0.25, 0.3) is 5.91 Å². The van der Waals surface area contributed by atoms with Gasteiger partial charge in [-0.25, -0.2) is 0 Å². The molecule has 24 heavy (non-hydrogen) atoms. The van der Waals surface area contributed by atoms with Gasteiger partial charge in [-0.05, 0) is 36.4 Å². The number of carboxylic acids is 1. The van der Waals surface area contributed by atoms with Gasteiger partial charge >= 0.3 is 5.97 Å². The smallest absolute Gasteiger partial charge is 0.322 e. The fourth-order valence-corrected chi connectivity index (χ4v) is 1.93. The minimum atomic E-state index is -1.11. The Bertz CT molecular complexity index is 755. The summed E-state index contributed by atoms with van der Waals surface area (Å²) < 4.78 is 0. The Morgan fingerprint density at radius 1 is 1.04 bits per heavy atom. The predicted molar refractivity (Wildman–Crippen MR) is 91.4 cm³/mol. The number of carboxylic acid groups (broad SMARTS) is 1. The SMILES string of the molecule is CN(C)c1ccc(/N=N/c2ccccc2C(=O)NCC(=O)O)cc1. The lowest BCUT2D eigenvalue weighted by Gasteiger charge is -2.11. The lowest BCUT2D eigenvalue weighted by atomic mass is 10.1. The molecule has 7 heteroatoms. The molecule has 0 atom stereocenters. The average Bonchev–Trinajstić information content (AvgIpc) is 2.58. The van der Waals surface area contributed by atoms with Crippen LogP contribution in [0.1, 0.15) is 10.4 Å². The summed E-state index contributed by atoms with van der Waals surface area (Å²) in [7, 11) is 3.89. The van der Waals surface area contributed by atoms with Crippen LogP contribution in [0.4, 0.5) is 17.1 Å².